The Balaban J connectivity index is 1.62. The van der Waals surface area contributed by atoms with Gasteiger partial charge < -0.3 is 14.8 Å². The minimum atomic E-state index is -1.14. The summed E-state index contributed by atoms with van der Waals surface area (Å²) in [5.74, 6) is -0.837. The Labute approximate surface area is 174 Å². The second kappa shape index (κ2) is 10.2. The second-order valence-corrected chi connectivity index (χ2v) is 6.69. The van der Waals surface area contributed by atoms with Crippen LogP contribution in [0.4, 0.5) is 10.1 Å². The topological polar surface area (TPSA) is 64.6 Å². The standard InChI is InChI=1S/C24H22FNO4/c1-17-6-5-9-21(16-17)29-15-14-22(27)30-23(18-7-3-2-4-8-18)24(28)26-20-12-10-19(25)11-13-20/h2-13,16,23H,14-15H2,1H3,(H,26,28)/t23-/m0/s1. The average Bonchev–Trinajstić information content (AvgIpc) is 2.74. The van der Waals surface area contributed by atoms with E-state index in [2.05, 4.69) is 5.32 Å². The van der Waals surface area contributed by atoms with E-state index in [1.807, 2.05) is 25.1 Å². The first-order chi connectivity index (χ1) is 14.5. The minimum Gasteiger partial charge on any atom is -0.493 e. The van der Waals surface area contributed by atoms with E-state index < -0.39 is 23.8 Å². The van der Waals surface area contributed by atoms with Gasteiger partial charge in [-0.1, -0.05) is 42.5 Å². The number of aryl methyl sites for hydroxylation is 1. The zero-order valence-corrected chi connectivity index (χ0v) is 16.5. The lowest BCUT2D eigenvalue weighted by Crippen LogP contribution is -2.26. The fourth-order valence-corrected chi connectivity index (χ4v) is 2.79. The number of carbonyl (C=O) groups is 2. The van der Waals surface area contributed by atoms with E-state index in [-0.39, 0.29) is 13.0 Å². The van der Waals surface area contributed by atoms with E-state index in [9.17, 15) is 14.0 Å². The molecule has 1 atom stereocenters. The number of rotatable bonds is 8. The van der Waals surface area contributed by atoms with Crippen molar-refractivity contribution in [3.05, 3.63) is 95.8 Å². The molecule has 0 heterocycles. The summed E-state index contributed by atoms with van der Waals surface area (Å²) in [6.07, 6.45) is -1.15. The van der Waals surface area contributed by atoms with Crippen LogP contribution in [0.15, 0.2) is 78.9 Å². The number of anilines is 1. The summed E-state index contributed by atoms with van der Waals surface area (Å²) >= 11 is 0. The van der Waals surface area contributed by atoms with Gasteiger partial charge in [0.2, 0.25) is 6.10 Å². The number of carbonyl (C=O) groups excluding carboxylic acids is 2. The number of esters is 1. The van der Waals surface area contributed by atoms with E-state index in [0.29, 0.717) is 17.0 Å². The molecule has 3 aromatic rings. The third-order valence-corrected chi connectivity index (χ3v) is 4.27. The summed E-state index contributed by atoms with van der Waals surface area (Å²) in [6.45, 7) is 2.08. The summed E-state index contributed by atoms with van der Waals surface area (Å²) in [4.78, 5) is 25.1. The van der Waals surface area contributed by atoms with E-state index in [1.165, 1.54) is 24.3 Å². The van der Waals surface area contributed by atoms with Crippen molar-refractivity contribution >= 4 is 17.6 Å². The van der Waals surface area contributed by atoms with Gasteiger partial charge in [0, 0.05) is 11.3 Å². The van der Waals surface area contributed by atoms with Gasteiger partial charge in [-0.2, -0.15) is 0 Å². The Bertz CT molecular complexity index is 990. The van der Waals surface area contributed by atoms with Crippen molar-refractivity contribution in [2.75, 3.05) is 11.9 Å². The monoisotopic (exact) mass is 407 g/mol. The minimum absolute atomic E-state index is 0.0128. The van der Waals surface area contributed by atoms with Crippen LogP contribution in [-0.4, -0.2) is 18.5 Å². The first kappa shape index (κ1) is 21.0. The highest BCUT2D eigenvalue weighted by molar-refractivity contribution is 5.96. The van der Waals surface area contributed by atoms with Gasteiger partial charge in [-0.15, -0.1) is 0 Å². The van der Waals surface area contributed by atoms with E-state index in [1.54, 1.807) is 36.4 Å². The third-order valence-electron chi connectivity index (χ3n) is 4.27. The predicted molar refractivity (Wildman–Crippen MR) is 112 cm³/mol. The van der Waals surface area contributed by atoms with Crippen LogP contribution >= 0.6 is 0 Å². The van der Waals surface area contributed by atoms with Crippen LogP contribution in [0.5, 0.6) is 5.75 Å². The number of hydrogen-bond donors (Lipinski definition) is 1. The first-order valence-corrected chi connectivity index (χ1v) is 9.51. The van der Waals surface area contributed by atoms with Crippen molar-refractivity contribution in [2.24, 2.45) is 0 Å². The van der Waals surface area contributed by atoms with Crippen molar-refractivity contribution in [1.29, 1.82) is 0 Å². The fourth-order valence-electron chi connectivity index (χ4n) is 2.79. The Morgan fingerprint density at radius 2 is 1.70 bits per heavy atom. The van der Waals surface area contributed by atoms with E-state index in [0.717, 1.165) is 5.56 Å². The Morgan fingerprint density at radius 1 is 0.967 bits per heavy atom. The summed E-state index contributed by atoms with van der Waals surface area (Å²) < 4.78 is 24.1. The lowest BCUT2D eigenvalue weighted by Gasteiger charge is -2.18. The van der Waals surface area contributed by atoms with Crippen LogP contribution < -0.4 is 10.1 Å². The molecule has 3 aromatic carbocycles. The van der Waals surface area contributed by atoms with Crippen LogP contribution in [0, 0.1) is 12.7 Å². The van der Waals surface area contributed by atoms with Crippen molar-refractivity contribution in [3.8, 4) is 5.75 Å². The van der Waals surface area contributed by atoms with E-state index >= 15 is 0 Å². The number of benzene rings is 3. The number of nitrogens with one attached hydrogen (secondary N) is 1. The van der Waals surface area contributed by atoms with Crippen molar-refractivity contribution in [2.45, 2.75) is 19.4 Å². The normalized spacial score (nSPS) is 11.4. The van der Waals surface area contributed by atoms with Crippen molar-refractivity contribution in [3.63, 3.8) is 0 Å². The molecule has 30 heavy (non-hydrogen) atoms. The maximum atomic E-state index is 13.1. The maximum Gasteiger partial charge on any atom is 0.310 e. The SMILES string of the molecule is Cc1cccc(OCCC(=O)O[C@H](C(=O)Nc2ccc(F)cc2)c2ccccc2)c1. The molecule has 0 saturated carbocycles. The fraction of sp³-hybridized carbons (Fsp3) is 0.167. The number of hydrogen-bond acceptors (Lipinski definition) is 4. The molecular formula is C24H22FNO4. The Hall–Kier alpha value is -3.67. The predicted octanol–water partition coefficient (Wildman–Crippen LogP) is 4.83. The summed E-state index contributed by atoms with van der Waals surface area (Å²) in [7, 11) is 0. The van der Waals surface area contributed by atoms with Gasteiger partial charge in [-0.05, 0) is 48.9 Å². The van der Waals surface area contributed by atoms with Gasteiger partial charge >= 0.3 is 5.97 Å². The van der Waals surface area contributed by atoms with Crippen molar-refractivity contribution < 1.29 is 23.5 Å². The molecule has 0 aliphatic carbocycles. The highest BCUT2D eigenvalue weighted by atomic mass is 19.1. The molecular weight excluding hydrogens is 385 g/mol. The molecule has 0 fully saturated rings. The number of ether oxygens (including phenoxy) is 2. The lowest BCUT2D eigenvalue weighted by molar-refractivity contribution is -0.155. The molecule has 5 nitrogen and oxygen atoms in total. The maximum absolute atomic E-state index is 13.1. The molecule has 0 aromatic heterocycles. The molecule has 0 unspecified atom stereocenters. The summed E-state index contributed by atoms with van der Waals surface area (Å²) in [6, 6.07) is 21.6. The van der Waals surface area contributed by atoms with Crippen LogP contribution in [0.25, 0.3) is 0 Å². The first-order valence-electron chi connectivity index (χ1n) is 9.51. The molecule has 0 radical (unpaired) electrons. The summed E-state index contributed by atoms with van der Waals surface area (Å²) in [5, 5.41) is 2.65. The molecule has 0 aliphatic heterocycles. The van der Waals surface area contributed by atoms with Crippen LogP contribution in [0.3, 0.4) is 0 Å². The van der Waals surface area contributed by atoms with E-state index in [4.69, 9.17) is 9.47 Å². The number of amides is 1. The molecule has 0 saturated heterocycles. The molecule has 1 amide bonds. The Kier molecular flexibility index (Phi) is 7.16. The summed E-state index contributed by atoms with van der Waals surface area (Å²) in [5.41, 5.74) is 1.99. The van der Waals surface area contributed by atoms with Gasteiger partial charge in [0.1, 0.15) is 11.6 Å². The second-order valence-electron chi connectivity index (χ2n) is 6.69. The third kappa shape index (κ3) is 6.17. The van der Waals surface area contributed by atoms with Crippen LogP contribution in [0.1, 0.15) is 23.7 Å². The molecule has 6 heteroatoms. The lowest BCUT2D eigenvalue weighted by atomic mass is 10.1. The van der Waals surface area contributed by atoms with Gasteiger partial charge in [0.25, 0.3) is 5.91 Å². The number of halogens is 1. The molecule has 1 N–H and O–H groups in total. The zero-order valence-electron chi connectivity index (χ0n) is 16.5. The highest BCUT2D eigenvalue weighted by Gasteiger charge is 2.25. The van der Waals surface area contributed by atoms with Gasteiger partial charge in [0.15, 0.2) is 0 Å². The quantitative estimate of drug-likeness (QED) is 0.544. The highest BCUT2D eigenvalue weighted by Crippen LogP contribution is 2.21. The largest absolute Gasteiger partial charge is 0.493 e. The Morgan fingerprint density at radius 3 is 2.40 bits per heavy atom. The average molecular weight is 407 g/mol. The molecule has 0 spiro atoms. The van der Waals surface area contributed by atoms with Crippen LogP contribution in [-0.2, 0) is 14.3 Å². The molecule has 154 valence electrons. The van der Waals surface area contributed by atoms with Crippen molar-refractivity contribution in [1.82, 2.24) is 0 Å². The smallest absolute Gasteiger partial charge is 0.310 e. The zero-order chi connectivity index (χ0) is 21.3. The molecule has 0 bridgehead atoms. The van der Waals surface area contributed by atoms with Gasteiger partial charge in [-0.3, -0.25) is 9.59 Å². The van der Waals surface area contributed by atoms with Gasteiger partial charge in [-0.25, -0.2) is 4.39 Å². The van der Waals surface area contributed by atoms with Crippen LogP contribution in [0.2, 0.25) is 0 Å². The molecule has 0 aliphatic rings. The molecule has 3 rings (SSSR count). The van der Waals surface area contributed by atoms with Gasteiger partial charge in [0.05, 0.1) is 13.0 Å².